The van der Waals surface area contributed by atoms with Gasteiger partial charge in [0.1, 0.15) is 5.82 Å². The molecular formula is C10H6ClFN2O. The molecule has 0 unspecified atom stereocenters. The Labute approximate surface area is 89.6 Å². The van der Waals surface area contributed by atoms with E-state index in [1.807, 2.05) is 0 Å². The second-order valence-electron chi connectivity index (χ2n) is 2.94. The van der Waals surface area contributed by atoms with Gasteiger partial charge in [0.25, 0.3) is 0 Å². The molecule has 0 saturated heterocycles. The summed E-state index contributed by atoms with van der Waals surface area (Å²) in [5.74, 6) is -0.474. The van der Waals surface area contributed by atoms with Crippen LogP contribution in [0.1, 0.15) is 0 Å². The quantitative estimate of drug-likeness (QED) is 0.808. The molecule has 0 aliphatic carbocycles. The van der Waals surface area contributed by atoms with E-state index < -0.39 is 11.5 Å². The normalized spacial score (nSPS) is 10.3. The zero-order valence-corrected chi connectivity index (χ0v) is 8.25. The maximum Gasteiger partial charge on any atom is 0.344 e. The number of rotatable bonds is 1. The SMILES string of the molecule is O=c1ncc(-c2ccc(F)c(Cl)c2)c[nH]1. The minimum absolute atomic E-state index is 0.0405. The number of aromatic amines is 1. The molecule has 3 nitrogen and oxygen atoms in total. The second kappa shape index (κ2) is 3.82. The Morgan fingerprint density at radius 2 is 2.13 bits per heavy atom. The summed E-state index contributed by atoms with van der Waals surface area (Å²) in [5, 5.41) is 0.0405. The van der Waals surface area contributed by atoms with Crippen molar-refractivity contribution in [2.45, 2.75) is 0 Å². The van der Waals surface area contributed by atoms with E-state index in [0.29, 0.717) is 11.1 Å². The molecule has 1 aromatic carbocycles. The molecular weight excluding hydrogens is 219 g/mol. The molecule has 2 aromatic rings. The standard InChI is InChI=1S/C10H6ClFN2O/c11-8-3-6(1-2-9(8)12)7-4-13-10(15)14-5-7/h1-5H,(H,13,14,15). The Morgan fingerprint density at radius 3 is 2.73 bits per heavy atom. The lowest BCUT2D eigenvalue weighted by molar-refractivity contribution is 0.628. The van der Waals surface area contributed by atoms with E-state index in [0.717, 1.165) is 0 Å². The van der Waals surface area contributed by atoms with Crippen LogP contribution in [-0.4, -0.2) is 9.97 Å². The monoisotopic (exact) mass is 224 g/mol. The first-order valence-corrected chi connectivity index (χ1v) is 4.55. The van der Waals surface area contributed by atoms with Crippen molar-refractivity contribution < 1.29 is 4.39 Å². The number of benzene rings is 1. The van der Waals surface area contributed by atoms with Crippen LogP contribution in [0.25, 0.3) is 11.1 Å². The van der Waals surface area contributed by atoms with Crippen molar-refractivity contribution in [1.29, 1.82) is 0 Å². The number of H-pyrrole nitrogens is 1. The summed E-state index contributed by atoms with van der Waals surface area (Å²) in [6.45, 7) is 0. The van der Waals surface area contributed by atoms with Crippen LogP contribution in [0.4, 0.5) is 4.39 Å². The maximum atomic E-state index is 12.9. The summed E-state index contributed by atoms with van der Waals surface area (Å²) in [4.78, 5) is 16.7. The number of hydrogen-bond donors (Lipinski definition) is 1. The smallest absolute Gasteiger partial charge is 0.312 e. The first-order valence-electron chi connectivity index (χ1n) is 4.17. The summed E-state index contributed by atoms with van der Waals surface area (Å²) < 4.78 is 12.9. The van der Waals surface area contributed by atoms with Gasteiger partial charge in [-0.3, -0.25) is 0 Å². The fourth-order valence-electron chi connectivity index (χ4n) is 1.18. The molecule has 0 bridgehead atoms. The van der Waals surface area contributed by atoms with E-state index >= 15 is 0 Å². The molecule has 1 heterocycles. The van der Waals surface area contributed by atoms with Crippen LogP contribution >= 0.6 is 11.6 Å². The van der Waals surface area contributed by atoms with Crippen molar-refractivity contribution in [3.05, 3.63) is 51.9 Å². The molecule has 0 amide bonds. The number of aromatic nitrogens is 2. The van der Waals surface area contributed by atoms with Crippen molar-refractivity contribution in [2.24, 2.45) is 0 Å². The van der Waals surface area contributed by atoms with E-state index in [2.05, 4.69) is 9.97 Å². The van der Waals surface area contributed by atoms with Gasteiger partial charge in [0.2, 0.25) is 0 Å². The van der Waals surface area contributed by atoms with Gasteiger partial charge in [-0.05, 0) is 17.7 Å². The van der Waals surface area contributed by atoms with Gasteiger partial charge in [-0.25, -0.2) is 14.2 Å². The Morgan fingerprint density at radius 1 is 1.33 bits per heavy atom. The number of hydrogen-bond acceptors (Lipinski definition) is 2. The van der Waals surface area contributed by atoms with Gasteiger partial charge in [0.05, 0.1) is 5.02 Å². The highest BCUT2D eigenvalue weighted by Crippen LogP contribution is 2.23. The van der Waals surface area contributed by atoms with Crippen molar-refractivity contribution in [1.82, 2.24) is 9.97 Å². The largest absolute Gasteiger partial charge is 0.344 e. The predicted octanol–water partition coefficient (Wildman–Crippen LogP) is 2.23. The van der Waals surface area contributed by atoms with E-state index in [1.54, 1.807) is 6.07 Å². The Kier molecular flexibility index (Phi) is 2.51. The van der Waals surface area contributed by atoms with Gasteiger partial charge in [0.15, 0.2) is 0 Å². The highest BCUT2D eigenvalue weighted by atomic mass is 35.5. The number of halogens is 2. The summed E-state index contributed by atoms with van der Waals surface area (Å²) in [7, 11) is 0. The van der Waals surface area contributed by atoms with Crippen LogP contribution in [0, 0.1) is 5.82 Å². The third kappa shape index (κ3) is 2.05. The Bertz CT molecular complexity index is 533. The van der Waals surface area contributed by atoms with E-state index in [4.69, 9.17) is 11.6 Å². The number of nitrogens with one attached hydrogen (secondary N) is 1. The van der Waals surface area contributed by atoms with E-state index in [9.17, 15) is 9.18 Å². The minimum atomic E-state index is -0.474. The lowest BCUT2D eigenvalue weighted by atomic mass is 10.1. The van der Waals surface area contributed by atoms with Gasteiger partial charge in [-0.1, -0.05) is 17.7 Å². The van der Waals surface area contributed by atoms with Gasteiger partial charge in [-0.15, -0.1) is 0 Å². The van der Waals surface area contributed by atoms with Crippen LogP contribution in [0.3, 0.4) is 0 Å². The molecule has 5 heteroatoms. The molecule has 2 rings (SSSR count). The molecule has 0 aliphatic heterocycles. The molecule has 15 heavy (non-hydrogen) atoms. The average Bonchev–Trinajstić information content (AvgIpc) is 2.23. The van der Waals surface area contributed by atoms with E-state index in [-0.39, 0.29) is 5.02 Å². The van der Waals surface area contributed by atoms with Gasteiger partial charge in [0, 0.05) is 18.0 Å². The Balaban J connectivity index is 2.50. The van der Waals surface area contributed by atoms with Crippen LogP contribution in [0.5, 0.6) is 0 Å². The molecule has 0 spiro atoms. The summed E-state index contributed by atoms with van der Waals surface area (Å²) >= 11 is 5.63. The zero-order valence-electron chi connectivity index (χ0n) is 7.50. The van der Waals surface area contributed by atoms with Gasteiger partial charge < -0.3 is 4.98 Å². The summed E-state index contributed by atoms with van der Waals surface area (Å²) in [6, 6.07) is 4.31. The molecule has 0 fully saturated rings. The number of nitrogens with zero attached hydrogens (tertiary/aromatic N) is 1. The van der Waals surface area contributed by atoms with Crippen LogP contribution in [-0.2, 0) is 0 Å². The molecule has 0 aliphatic rings. The fourth-order valence-corrected chi connectivity index (χ4v) is 1.36. The first kappa shape index (κ1) is 9.86. The van der Waals surface area contributed by atoms with Crippen molar-refractivity contribution in [2.75, 3.05) is 0 Å². The Hall–Kier alpha value is -1.68. The van der Waals surface area contributed by atoms with Crippen LogP contribution < -0.4 is 5.69 Å². The lowest BCUT2D eigenvalue weighted by Gasteiger charge is -2.01. The van der Waals surface area contributed by atoms with Gasteiger partial charge >= 0.3 is 5.69 Å². The summed E-state index contributed by atoms with van der Waals surface area (Å²) in [6.07, 6.45) is 2.90. The average molecular weight is 225 g/mol. The zero-order chi connectivity index (χ0) is 10.8. The van der Waals surface area contributed by atoms with Crippen LogP contribution in [0.15, 0.2) is 35.4 Å². The maximum absolute atomic E-state index is 12.9. The molecule has 0 radical (unpaired) electrons. The molecule has 1 N–H and O–H groups in total. The second-order valence-corrected chi connectivity index (χ2v) is 3.34. The molecule has 76 valence electrons. The fraction of sp³-hybridized carbons (Fsp3) is 0. The third-order valence-corrected chi connectivity index (χ3v) is 2.21. The molecule has 1 aromatic heterocycles. The van der Waals surface area contributed by atoms with Gasteiger partial charge in [-0.2, -0.15) is 0 Å². The predicted molar refractivity (Wildman–Crippen MR) is 55.3 cm³/mol. The minimum Gasteiger partial charge on any atom is -0.312 e. The molecule has 0 saturated carbocycles. The van der Waals surface area contributed by atoms with Crippen molar-refractivity contribution >= 4 is 11.6 Å². The van der Waals surface area contributed by atoms with Crippen molar-refractivity contribution in [3.63, 3.8) is 0 Å². The lowest BCUT2D eigenvalue weighted by Crippen LogP contribution is -2.07. The highest BCUT2D eigenvalue weighted by Gasteiger charge is 2.03. The van der Waals surface area contributed by atoms with Crippen LogP contribution in [0.2, 0.25) is 5.02 Å². The third-order valence-electron chi connectivity index (χ3n) is 1.92. The van der Waals surface area contributed by atoms with E-state index in [1.165, 1.54) is 24.5 Å². The topological polar surface area (TPSA) is 45.8 Å². The molecule has 0 atom stereocenters. The first-order chi connectivity index (χ1) is 7.16. The van der Waals surface area contributed by atoms with Crippen molar-refractivity contribution in [3.8, 4) is 11.1 Å². The summed E-state index contributed by atoms with van der Waals surface area (Å²) in [5.41, 5.74) is 0.952. The highest BCUT2D eigenvalue weighted by molar-refractivity contribution is 6.31.